The van der Waals surface area contributed by atoms with Gasteiger partial charge in [0.1, 0.15) is 54.9 Å². The highest BCUT2D eigenvalue weighted by molar-refractivity contribution is 5.96. The Morgan fingerprint density at radius 2 is 1.82 bits per heavy atom. The van der Waals surface area contributed by atoms with Gasteiger partial charge in [-0.15, -0.1) is 0 Å². The average molecular weight is 802 g/mol. The summed E-state index contributed by atoms with van der Waals surface area (Å²) in [5, 5.41) is 27.3. The molecule has 18 heteroatoms. The molecular weight excluding hydrogens is 750 g/mol. The third-order valence-electron chi connectivity index (χ3n) is 10.7. The average Bonchev–Trinajstić information content (AvgIpc) is 3.83. The first-order chi connectivity index (χ1) is 26.8. The molecule has 10 atom stereocenters. The monoisotopic (exact) mass is 801 g/mol. The Bertz CT molecular complexity index is 1770. The van der Waals surface area contributed by atoms with Crippen LogP contribution in [0.2, 0.25) is 0 Å². The SMILES string of the molecule is C[C@H](O)[C@@H](NC(=O)[C@@]12C[C@H]3OC(=O)[C@@H]1N(Cc1cccc(C=CC(=O)O[C@H]4C(=O)OCC4(C)C)c1)O[C@@H]2[C@H]1OCO[C@H]13)C(=O)N[C@H](CO)CCC(=O)OC(C)(C)C. The molecule has 5 fully saturated rings. The zero-order valence-corrected chi connectivity index (χ0v) is 32.8. The van der Waals surface area contributed by atoms with Crippen LogP contribution in [-0.4, -0.2) is 131 Å². The molecule has 4 N–H and O–H groups in total. The second-order valence-electron chi connectivity index (χ2n) is 16.8. The van der Waals surface area contributed by atoms with E-state index in [9.17, 15) is 39.0 Å². The van der Waals surface area contributed by atoms with E-state index in [1.165, 1.54) is 24.1 Å². The normalized spacial score (nSPS) is 30.5. The van der Waals surface area contributed by atoms with Crippen molar-refractivity contribution in [2.45, 2.75) is 128 Å². The number of aliphatic hydroxyl groups is 2. The topological polar surface area (TPSA) is 235 Å². The van der Waals surface area contributed by atoms with Gasteiger partial charge in [0.15, 0.2) is 6.04 Å². The van der Waals surface area contributed by atoms with E-state index in [0.717, 1.165) is 0 Å². The molecule has 312 valence electrons. The summed E-state index contributed by atoms with van der Waals surface area (Å²) >= 11 is 0. The summed E-state index contributed by atoms with van der Waals surface area (Å²) in [5.74, 6) is -4.22. The van der Waals surface area contributed by atoms with E-state index in [-0.39, 0.29) is 39.2 Å². The zero-order chi connectivity index (χ0) is 41.4. The number of benzene rings is 1. The number of nitrogens with one attached hydrogen (secondary N) is 2. The van der Waals surface area contributed by atoms with E-state index in [4.69, 9.17) is 33.3 Å². The second-order valence-corrected chi connectivity index (χ2v) is 16.8. The summed E-state index contributed by atoms with van der Waals surface area (Å²) in [6.07, 6.45) is -3.39. The first-order valence-corrected chi connectivity index (χ1v) is 19.0. The molecule has 2 amide bonds. The van der Waals surface area contributed by atoms with E-state index in [1.54, 1.807) is 58.9 Å². The minimum absolute atomic E-state index is 0.0266. The zero-order valence-electron chi connectivity index (χ0n) is 32.8. The minimum atomic E-state index is -1.66. The number of amides is 2. The molecule has 1 saturated carbocycles. The van der Waals surface area contributed by atoms with Gasteiger partial charge in [0, 0.05) is 24.3 Å². The molecule has 6 rings (SSSR count). The van der Waals surface area contributed by atoms with Gasteiger partial charge in [-0.05, 0) is 51.3 Å². The van der Waals surface area contributed by atoms with Gasteiger partial charge in [-0.25, -0.2) is 9.59 Å². The molecule has 2 bridgehead atoms. The molecule has 5 aliphatic rings. The lowest BCUT2D eigenvalue weighted by atomic mass is 9.62. The van der Waals surface area contributed by atoms with Gasteiger partial charge in [-0.3, -0.25) is 24.0 Å². The van der Waals surface area contributed by atoms with Gasteiger partial charge in [0.2, 0.25) is 17.9 Å². The highest BCUT2D eigenvalue weighted by atomic mass is 16.8. The van der Waals surface area contributed by atoms with E-state index < -0.39 is 113 Å². The van der Waals surface area contributed by atoms with Crippen molar-refractivity contribution in [1.29, 1.82) is 0 Å². The summed E-state index contributed by atoms with van der Waals surface area (Å²) in [6, 6.07) is 3.19. The number of nitrogens with zero attached hydrogens (tertiary/aromatic N) is 1. The molecule has 4 saturated heterocycles. The molecule has 0 radical (unpaired) electrons. The number of carbonyl (C=O) groups excluding carboxylic acids is 6. The van der Waals surface area contributed by atoms with E-state index in [2.05, 4.69) is 10.6 Å². The second kappa shape index (κ2) is 16.4. The number of cyclic esters (lactones) is 1. The van der Waals surface area contributed by atoms with Crippen LogP contribution in [-0.2, 0) is 68.6 Å². The molecule has 57 heavy (non-hydrogen) atoms. The predicted molar refractivity (Wildman–Crippen MR) is 194 cm³/mol. The number of hydrogen-bond donors (Lipinski definition) is 4. The standard InChI is InChI=1S/C39H51N3O15/c1-20(44)27(33(47)40-23(17-43)11-13-26(46)56-37(2,3)4)41-36(50)39-15-24-28-29(53-19-52-28)31(39)57-42(30(39)34(48)54-24)16-22-9-7-8-21(14-22)10-12-25(45)55-32-35(49)51-18-38(32,5)6/h7-10,12,14,20,23-24,27-32,43-44H,11,13,15-19H2,1-6H3,(H,40,47)(H,41,50)/t20-,23-,24+,27+,28-,29-,30-,31+,32-,39-/m0/s1. The van der Waals surface area contributed by atoms with Crippen molar-refractivity contribution in [3.05, 3.63) is 41.5 Å². The first kappa shape index (κ1) is 42.2. The molecule has 4 heterocycles. The summed E-state index contributed by atoms with van der Waals surface area (Å²) < 4.78 is 33.2. The predicted octanol–water partition coefficient (Wildman–Crippen LogP) is 0.201. The third kappa shape index (κ3) is 8.85. The van der Waals surface area contributed by atoms with Crippen molar-refractivity contribution in [1.82, 2.24) is 15.7 Å². The Balaban J connectivity index is 1.19. The Hall–Kier alpha value is -4.46. The van der Waals surface area contributed by atoms with Crippen LogP contribution in [0, 0.1) is 10.8 Å². The Kier molecular flexibility index (Phi) is 12.1. The van der Waals surface area contributed by atoms with Crippen LogP contribution in [0.1, 0.15) is 71.9 Å². The van der Waals surface area contributed by atoms with Crippen LogP contribution < -0.4 is 10.6 Å². The summed E-state index contributed by atoms with van der Waals surface area (Å²) in [4.78, 5) is 85.4. The first-order valence-electron chi connectivity index (χ1n) is 19.0. The van der Waals surface area contributed by atoms with Crippen molar-refractivity contribution in [3.63, 3.8) is 0 Å². The van der Waals surface area contributed by atoms with Gasteiger partial charge in [0.25, 0.3) is 0 Å². The van der Waals surface area contributed by atoms with E-state index >= 15 is 0 Å². The summed E-state index contributed by atoms with van der Waals surface area (Å²) in [5.41, 5.74) is -1.85. The van der Waals surface area contributed by atoms with Crippen molar-refractivity contribution >= 4 is 41.8 Å². The molecule has 1 aliphatic carbocycles. The van der Waals surface area contributed by atoms with Crippen LogP contribution in [0.15, 0.2) is 30.3 Å². The van der Waals surface area contributed by atoms with E-state index in [0.29, 0.717) is 11.1 Å². The van der Waals surface area contributed by atoms with Gasteiger partial charge in [-0.1, -0.05) is 38.1 Å². The van der Waals surface area contributed by atoms with Crippen LogP contribution >= 0.6 is 0 Å². The van der Waals surface area contributed by atoms with Crippen molar-refractivity contribution in [2.75, 3.05) is 20.0 Å². The molecule has 0 unspecified atom stereocenters. The van der Waals surface area contributed by atoms with Gasteiger partial charge in [0.05, 0.1) is 25.3 Å². The van der Waals surface area contributed by atoms with Crippen LogP contribution in [0.25, 0.3) is 6.08 Å². The fourth-order valence-electron chi connectivity index (χ4n) is 7.93. The number of rotatable bonds is 14. The van der Waals surface area contributed by atoms with Gasteiger partial charge >= 0.3 is 23.9 Å². The van der Waals surface area contributed by atoms with Crippen molar-refractivity contribution in [3.8, 4) is 0 Å². The van der Waals surface area contributed by atoms with Gasteiger partial charge in [-0.2, -0.15) is 5.06 Å². The highest BCUT2D eigenvalue weighted by Gasteiger charge is 2.75. The number of hydrogen-bond acceptors (Lipinski definition) is 16. The smallest absolute Gasteiger partial charge is 0.348 e. The molecule has 1 aromatic rings. The van der Waals surface area contributed by atoms with Crippen LogP contribution in [0.3, 0.4) is 0 Å². The lowest BCUT2D eigenvalue weighted by molar-refractivity contribution is -0.201. The van der Waals surface area contributed by atoms with Crippen LogP contribution in [0.5, 0.6) is 0 Å². The Labute approximate surface area is 329 Å². The number of aliphatic hydroxyl groups excluding tert-OH is 2. The minimum Gasteiger partial charge on any atom is -0.462 e. The largest absolute Gasteiger partial charge is 0.462 e. The molecule has 18 nitrogen and oxygen atoms in total. The fraction of sp³-hybridized carbons (Fsp3) is 0.641. The number of ether oxygens (including phenoxy) is 6. The van der Waals surface area contributed by atoms with E-state index in [1.807, 2.05) is 0 Å². The number of esters is 4. The highest BCUT2D eigenvalue weighted by Crippen LogP contribution is 2.55. The van der Waals surface area contributed by atoms with Gasteiger partial charge < -0.3 is 49.3 Å². The number of carbonyl (C=O) groups is 6. The molecule has 4 aliphatic heterocycles. The number of fused-ring (bicyclic) bond motifs is 4. The summed E-state index contributed by atoms with van der Waals surface area (Å²) in [6.45, 7) is 9.41. The third-order valence-corrected chi connectivity index (χ3v) is 10.7. The maximum absolute atomic E-state index is 14.6. The maximum atomic E-state index is 14.6. The quantitative estimate of drug-likeness (QED) is 0.112. The van der Waals surface area contributed by atoms with Crippen LogP contribution in [0.4, 0.5) is 0 Å². The molecular formula is C39H51N3O15. The Morgan fingerprint density at radius 3 is 2.49 bits per heavy atom. The lowest BCUT2D eigenvalue weighted by Gasteiger charge is -2.49. The molecule has 0 aromatic heterocycles. The number of hydroxylamine groups is 2. The fourth-order valence-corrected chi connectivity index (χ4v) is 7.93. The summed E-state index contributed by atoms with van der Waals surface area (Å²) in [7, 11) is 0. The molecule has 1 aromatic carbocycles. The molecule has 0 spiro atoms. The lowest BCUT2D eigenvalue weighted by Crippen LogP contribution is -2.71. The van der Waals surface area contributed by atoms with Crippen molar-refractivity contribution < 1.29 is 72.2 Å². The maximum Gasteiger partial charge on any atom is 0.348 e. The van der Waals surface area contributed by atoms with Crippen molar-refractivity contribution in [2.24, 2.45) is 10.8 Å². The Morgan fingerprint density at radius 1 is 1.09 bits per heavy atom.